The number of ether oxygens (including phenoxy) is 3. The Balaban J connectivity index is 1.21. The molecule has 0 saturated carbocycles. The number of carboxylic acid groups (broad SMARTS) is 1. The fraction of sp³-hybridized carbons (Fsp3) is 0.310. The second kappa shape index (κ2) is 11.5. The summed E-state index contributed by atoms with van der Waals surface area (Å²) in [5, 5.41) is 28.8. The predicted molar refractivity (Wildman–Crippen MR) is 143 cm³/mol. The van der Waals surface area contributed by atoms with Crippen molar-refractivity contribution < 1.29 is 29.2 Å². The molecule has 1 aliphatic heterocycles. The lowest BCUT2D eigenvalue weighted by Crippen LogP contribution is -2.32. The Hall–Kier alpha value is -4.44. The average Bonchev–Trinajstić information content (AvgIpc) is 2.96. The van der Waals surface area contributed by atoms with Gasteiger partial charge in [0.1, 0.15) is 24.5 Å². The van der Waals surface area contributed by atoms with Crippen molar-refractivity contribution in [1.29, 1.82) is 0 Å². The highest BCUT2D eigenvalue weighted by Crippen LogP contribution is 2.34. The number of aliphatic hydroxyl groups is 1. The number of carboxylic acids is 1. The molecule has 3 aromatic carbocycles. The maximum absolute atomic E-state index is 12.8. The van der Waals surface area contributed by atoms with Gasteiger partial charge in [0.25, 0.3) is 5.56 Å². The summed E-state index contributed by atoms with van der Waals surface area (Å²) in [5.74, 6) is -0.289. The highest BCUT2D eigenvalue weighted by molar-refractivity contribution is 5.83. The van der Waals surface area contributed by atoms with Crippen LogP contribution in [0.1, 0.15) is 18.4 Å². The van der Waals surface area contributed by atoms with Crippen LogP contribution in [0.25, 0.3) is 22.0 Å². The molecule has 2 atom stereocenters. The third kappa shape index (κ3) is 5.70. The van der Waals surface area contributed by atoms with Gasteiger partial charge < -0.3 is 24.4 Å². The molecule has 0 unspecified atom stereocenters. The quantitative estimate of drug-likeness (QED) is 0.316. The van der Waals surface area contributed by atoms with Crippen molar-refractivity contribution in [2.75, 3.05) is 20.3 Å². The first-order chi connectivity index (χ1) is 18.9. The molecule has 0 aliphatic carbocycles. The van der Waals surface area contributed by atoms with Crippen molar-refractivity contribution in [2.24, 2.45) is 5.92 Å². The van der Waals surface area contributed by atoms with E-state index in [9.17, 15) is 19.8 Å². The van der Waals surface area contributed by atoms with Crippen LogP contribution >= 0.6 is 0 Å². The minimum atomic E-state index is -1.13. The molecule has 0 bridgehead atoms. The molecule has 2 N–H and O–H groups in total. The van der Waals surface area contributed by atoms with Crippen molar-refractivity contribution in [1.82, 2.24) is 15.0 Å². The fourth-order valence-corrected chi connectivity index (χ4v) is 4.73. The highest BCUT2D eigenvalue weighted by atomic mass is 16.6. The monoisotopic (exact) mass is 531 g/mol. The van der Waals surface area contributed by atoms with E-state index in [1.807, 2.05) is 42.5 Å². The lowest BCUT2D eigenvalue weighted by atomic mass is 9.93. The second-order valence-corrected chi connectivity index (χ2v) is 9.37. The van der Waals surface area contributed by atoms with E-state index in [4.69, 9.17) is 14.2 Å². The van der Waals surface area contributed by atoms with Gasteiger partial charge in [0.05, 0.1) is 24.5 Å². The summed E-state index contributed by atoms with van der Waals surface area (Å²) in [5.41, 5.74) is 2.94. The molecule has 5 rings (SSSR count). The van der Waals surface area contributed by atoms with Crippen molar-refractivity contribution >= 4 is 16.9 Å². The van der Waals surface area contributed by atoms with E-state index >= 15 is 0 Å². The van der Waals surface area contributed by atoms with Crippen LogP contribution in [-0.4, -0.2) is 57.6 Å². The summed E-state index contributed by atoms with van der Waals surface area (Å²) in [6.07, 6.45) is -0.300. The van der Waals surface area contributed by atoms with Gasteiger partial charge in [0.2, 0.25) is 0 Å². The number of aliphatic hydroxyl groups excluding tert-OH is 1. The number of aryl methyl sites for hydroxylation is 2. The largest absolute Gasteiger partial charge is 0.494 e. The third-order valence-corrected chi connectivity index (χ3v) is 6.93. The van der Waals surface area contributed by atoms with Crippen molar-refractivity contribution in [3.63, 3.8) is 0 Å². The van der Waals surface area contributed by atoms with Crippen LogP contribution in [0.15, 0.2) is 65.5 Å². The first-order valence-electron chi connectivity index (χ1n) is 12.7. The van der Waals surface area contributed by atoms with Crippen LogP contribution in [0.3, 0.4) is 0 Å². The van der Waals surface area contributed by atoms with Gasteiger partial charge >= 0.3 is 5.97 Å². The van der Waals surface area contributed by atoms with Crippen LogP contribution in [0.5, 0.6) is 17.2 Å². The number of methoxy groups -OCH3 is 1. The Labute approximate surface area is 224 Å². The number of hydrogen-bond donors (Lipinski definition) is 2. The zero-order valence-corrected chi connectivity index (χ0v) is 21.4. The summed E-state index contributed by atoms with van der Waals surface area (Å²) < 4.78 is 17.6. The molecule has 0 radical (unpaired) electrons. The molecule has 2 heterocycles. The topological polar surface area (TPSA) is 133 Å². The minimum absolute atomic E-state index is 0.0111. The van der Waals surface area contributed by atoms with Crippen LogP contribution in [0, 0.1) is 5.92 Å². The van der Waals surface area contributed by atoms with Crippen molar-refractivity contribution in [3.8, 4) is 28.4 Å². The maximum atomic E-state index is 12.8. The van der Waals surface area contributed by atoms with Gasteiger partial charge in [0.15, 0.2) is 11.5 Å². The third-order valence-electron chi connectivity index (χ3n) is 6.93. The number of rotatable bonds is 10. The summed E-state index contributed by atoms with van der Waals surface area (Å²) in [7, 11) is 1.48. The van der Waals surface area contributed by atoms with Gasteiger partial charge in [-0.15, -0.1) is 5.10 Å². The summed E-state index contributed by atoms with van der Waals surface area (Å²) in [6, 6.07) is 18.7. The molecule has 39 heavy (non-hydrogen) atoms. The first-order valence-corrected chi connectivity index (χ1v) is 12.7. The Morgan fingerprint density at radius 3 is 2.51 bits per heavy atom. The normalized spacial score (nSPS) is 14.1. The van der Waals surface area contributed by atoms with Crippen LogP contribution in [0.2, 0.25) is 0 Å². The minimum Gasteiger partial charge on any atom is -0.494 e. The molecular formula is C29H29N3O7. The summed E-state index contributed by atoms with van der Waals surface area (Å²) in [6.45, 7) is 1.08. The zero-order valence-electron chi connectivity index (χ0n) is 21.4. The van der Waals surface area contributed by atoms with Crippen molar-refractivity contribution in [3.05, 3.63) is 76.6 Å². The molecule has 4 aromatic rings. The highest BCUT2D eigenvalue weighted by Gasteiger charge is 2.27. The maximum Gasteiger partial charge on any atom is 0.309 e. The van der Waals surface area contributed by atoms with E-state index in [2.05, 4.69) is 10.3 Å². The number of hydrogen-bond acceptors (Lipinski definition) is 8. The Kier molecular flexibility index (Phi) is 7.74. The van der Waals surface area contributed by atoms with Gasteiger partial charge in [-0.3, -0.25) is 9.59 Å². The Morgan fingerprint density at radius 1 is 1.03 bits per heavy atom. The summed E-state index contributed by atoms with van der Waals surface area (Å²) in [4.78, 5) is 24.8. The number of aliphatic carboxylic acids is 1. The van der Waals surface area contributed by atoms with E-state index in [-0.39, 0.29) is 19.4 Å². The lowest BCUT2D eigenvalue weighted by molar-refractivity contribution is -0.146. The smallest absolute Gasteiger partial charge is 0.309 e. The Bertz CT molecular complexity index is 1530. The first kappa shape index (κ1) is 26.2. The fourth-order valence-electron chi connectivity index (χ4n) is 4.73. The zero-order chi connectivity index (χ0) is 27.4. The van der Waals surface area contributed by atoms with Crippen LogP contribution in [0.4, 0.5) is 0 Å². The van der Waals surface area contributed by atoms with E-state index in [0.29, 0.717) is 36.3 Å². The van der Waals surface area contributed by atoms with Gasteiger partial charge in [-0.25, -0.2) is 4.68 Å². The number of carbonyl (C=O) groups is 1. The predicted octanol–water partition coefficient (Wildman–Crippen LogP) is 3.32. The molecule has 0 amide bonds. The lowest BCUT2D eigenvalue weighted by Gasteiger charge is -2.19. The van der Waals surface area contributed by atoms with Gasteiger partial charge in [0, 0.05) is 6.54 Å². The van der Waals surface area contributed by atoms with Crippen molar-refractivity contribution in [2.45, 2.75) is 31.9 Å². The van der Waals surface area contributed by atoms with E-state index in [1.54, 1.807) is 18.2 Å². The van der Waals surface area contributed by atoms with Crippen LogP contribution < -0.4 is 19.8 Å². The van der Waals surface area contributed by atoms with E-state index in [1.165, 1.54) is 7.11 Å². The molecule has 1 aliphatic rings. The van der Waals surface area contributed by atoms with Gasteiger partial charge in [-0.05, 0) is 60.2 Å². The number of nitrogens with zero attached hydrogens (tertiary/aromatic N) is 3. The SMILES string of the molecule is COc1cccc2c(=O)n(CC[C@H](C(=O)O)[C@H](O)CCc3ccc(-c4ccc5c(c4)OCCO5)cc3)nnc12. The van der Waals surface area contributed by atoms with Crippen LogP contribution in [-0.2, 0) is 17.8 Å². The van der Waals surface area contributed by atoms with Gasteiger partial charge in [-0.2, -0.15) is 0 Å². The number of fused-ring (bicyclic) bond motifs is 2. The second-order valence-electron chi connectivity index (χ2n) is 9.37. The number of benzene rings is 3. The number of aromatic nitrogens is 3. The molecule has 0 fully saturated rings. The molecule has 0 saturated heterocycles. The molecule has 1 aromatic heterocycles. The Morgan fingerprint density at radius 2 is 1.77 bits per heavy atom. The molecule has 0 spiro atoms. The molecule has 10 nitrogen and oxygen atoms in total. The van der Waals surface area contributed by atoms with E-state index in [0.717, 1.165) is 32.9 Å². The molecule has 10 heteroatoms. The average molecular weight is 532 g/mol. The molecule has 202 valence electrons. The standard InChI is InChI=1S/C29H29N3O7/c1-37-25-4-2-3-22-27(25)30-31-32(28(22)34)14-13-21(29(35)36)23(33)11-7-18-5-8-19(9-6-18)20-10-12-24-26(17-20)39-16-15-38-24/h2-6,8-10,12,17,21,23,33H,7,11,13-16H2,1H3,(H,35,36)/t21-,23+/m0/s1. The molecular weight excluding hydrogens is 502 g/mol. The summed E-state index contributed by atoms with van der Waals surface area (Å²) >= 11 is 0. The van der Waals surface area contributed by atoms with E-state index < -0.39 is 23.6 Å². The van der Waals surface area contributed by atoms with Gasteiger partial charge in [-0.1, -0.05) is 41.6 Å².